The summed E-state index contributed by atoms with van der Waals surface area (Å²) in [4.78, 5) is 17.5. The number of hydrogen-bond donors (Lipinski definition) is 1. The van der Waals surface area contributed by atoms with E-state index < -0.39 is 0 Å². The van der Waals surface area contributed by atoms with E-state index in [2.05, 4.69) is 4.90 Å². The summed E-state index contributed by atoms with van der Waals surface area (Å²) in [7, 11) is 0. The molecule has 1 aromatic rings. The van der Waals surface area contributed by atoms with E-state index in [-0.39, 0.29) is 24.5 Å². The fourth-order valence-corrected chi connectivity index (χ4v) is 4.93. The van der Waals surface area contributed by atoms with Gasteiger partial charge in [-0.05, 0) is 37.3 Å². The topological polar surface area (TPSA) is 43.8 Å². The number of aliphatic hydroxyl groups is 1. The van der Waals surface area contributed by atoms with Crippen molar-refractivity contribution in [2.45, 2.75) is 62.9 Å². The number of likely N-dealkylation sites (tertiary alicyclic amines) is 1. The molecule has 1 amide bonds. The summed E-state index contributed by atoms with van der Waals surface area (Å²) in [6, 6.07) is 9.04. The molecule has 2 heterocycles. The molecule has 24 heavy (non-hydrogen) atoms. The third-order valence-electron chi connectivity index (χ3n) is 6.25. The fourth-order valence-electron chi connectivity index (χ4n) is 4.93. The van der Waals surface area contributed by atoms with Crippen LogP contribution in [-0.4, -0.2) is 47.7 Å². The van der Waals surface area contributed by atoms with Crippen LogP contribution in [0.1, 0.15) is 56.4 Å². The lowest BCUT2D eigenvalue weighted by molar-refractivity contribution is -0.120. The Kier molecular flexibility index (Phi) is 4.59. The second-order valence-corrected chi connectivity index (χ2v) is 7.56. The Morgan fingerprint density at radius 2 is 1.67 bits per heavy atom. The highest BCUT2D eigenvalue weighted by Crippen LogP contribution is 2.40. The molecule has 2 fully saturated rings. The second kappa shape index (κ2) is 6.85. The standard InChI is InChI=1S/C20H28N2O2/c23-14-18-17-8-4-5-9-19(17)22(20(18)24)16-10-12-21(13-11-16)15-6-2-1-3-7-15/h4-5,8-9,15-16,18,23H,1-3,6-7,10-14H2. The number of piperidine rings is 1. The Labute approximate surface area is 144 Å². The van der Waals surface area contributed by atoms with Crippen LogP contribution in [0, 0.1) is 0 Å². The van der Waals surface area contributed by atoms with Crippen molar-refractivity contribution in [3.8, 4) is 0 Å². The third kappa shape index (κ3) is 2.76. The average molecular weight is 328 g/mol. The number of para-hydroxylation sites is 1. The Hall–Kier alpha value is -1.39. The van der Waals surface area contributed by atoms with Crippen LogP contribution in [0.25, 0.3) is 0 Å². The fraction of sp³-hybridized carbons (Fsp3) is 0.650. The van der Waals surface area contributed by atoms with Crippen molar-refractivity contribution in [2.24, 2.45) is 0 Å². The van der Waals surface area contributed by atoms with Gasteiger partial charge in [0, 0.05) is 30.9 Å². The van der Waals surface area contributed by atoms with Gasteiger partial charge < -0.3 is 14.9 Å². The Bertz CT molecular complexity index is 589. The molecular weight excluding hydrogens is 300 g/mol. The predicted octanol–water partition coefficient (Wildman–Crippen LogP) is 2.91. The van der Waals surface area contributed by atoms with Crippen molar-refractivity contribution in [1.82, 2.24) is 4.90 Å². The van der Waals surface area contributed by atoms with E-state index in [0.29, 0.717) is 0 Å². The molecule has 1 N–H and O–H groups in total. The zero-order valence-corrected chi connectivity index (χ0v) is 14.4. The molecule has 4 rings (SSSR count). The van der Waals surface area contributed by atoms with Gasteiger partial charge in [-0.2, -0.15) is 0 Å². The Morgan fingerprint density at radius 1 is 0.958 bits per heavy atom. The molecule has 1 saturated heterocycles. The molecule has 0 spiro atoms. The van der Waals surface area contributed by atoms with E-state index in [4.69, 9.17) is 0 Å². The van der Waals surface area contributed by atoms with Crippen molar-refractivity contribution < 1.29 is 9.90 Å². The maximum Gasteiger partial charge on any atom is 0.237 e. The van der Waals surface area contributed by atoms with Crippen LogP contribution in [-0.2, 0) is 4.79 Å². The normalized spacial score (nSPS) is 26.8. The van der Waals surface area contributed by atoms with Crippen molar-refractivity contribution in [2.75, 3.05) is 24.6 Å². The van der Waals surface area contributed by atoms with Gasteiger partial charge in [0.2, 0.25) is 5.91 Å². The molecule has 1 saturated carbocycles. The first-order valence-electron chi connectivity index (χ1n) is 9.56. The number of rotatable bonds is 3. The molecule has 0 radical (unpaired) electrons. The third-order valence-corrected chi connectivity index (χ3v) is 6.25. The molecule has 1 aliphatic carbocycles. The molecule has 4 heteroatoms. The largest absolute Gasteiger partial charge is 0.395 e. The first-order chi connectivity index (χ1) is 11.8. The van der Waals surface area contributed by atoms with Gasteiger partial charge in [0.05, 0.1) is 12.5 Å². The van der Waals surface area contributed by atoms with Gasteiger partial charge in [-0.15, -0.1) is 0 Å². The van der Waals surface area contributed by atoms with Gasteiger partial charge in [-0.1, -0.05) is 37.5 Å². The smallest absolute Gasteiger partial charge is 0.237 e. The summed E-state index contributed by atoms with van der Waals surface area (Å²) in [6.07, 6.45) is 8.95. The minimum atomic E-state index is -0.363. The lowest BCUT2D eigenvalue weighted by Crippen LogP contribution is -2.49. The van der Waals surface area contributed by atoms with Crippen LogP contribution in [0.15, 0.2) is 24.3 Å². The maximum absolute atomic E-state index is 12.8. The summed E-state index contributed by atoms with van der Waals surface area (Å²) in [5.41, 5.74) is 2.03. The van der Waals surface area contributed by atoms with Gasteiger partial charge in [-0.3, -0.25) is 4.79 Å². The molecule has 1 unspecified atom stereocenters. The minimum Gasteiger partial charge on any atom is -0.395 e. The average Bonchev–Trinajstić information content (AvgIpc) is 2.94. The van der Waals surface area contributed by atoms with Gasteiger partial charge >= 0.3 is 0 Å². The molecule has 1 aromatic carbocycles. The van der Waals surface area contributed by atoms with Crippen molar-refractivity contribution in [1.29, 1.82) is 0 Å². The van der Waals surface area contributed by atoms with Crippen LogP contribution in [0.4, 0.5) is 5.69 Å². The minimum absolute atomic E-state index is 0.0900. The number of benzene rings is 1. The van der Waals surface area contributed by atoms with Crippen molar-refractivity contribution >= 4 is 11.6 Å². The van der Waals surface area contributed by atoms with E-state index >= 15 is 0 Å². The molecular formula is C20H28N2O2. The second-order valence-electron chi connectivity index (χ2n) is 7.56. The maximum atomic E-state index is 12.8. The molecule has 4 nitrogen and oxygen atoms in total. The van der Waals surface area contributed by atoms with E-state index in [1.165, 1.54) is 32.1 Å². The lowest BCUT2D eigenvalue weighted by atomic mass is 9.92. The van der Waals surface area contributed by atoms with Crippen LogP contribution in [0.3, 0.4) is 0 Å². The summed E-state index contributed by atoms with van der Waals surface area (Å²) < 4.78 is 0. The van der Waals surface area contributed by atoms with Gasteiger partial charge in [0.25, 0.3) is 0 Å². The monoisotopic (exact) mass is 328 g/mol. The quantitative estimate of drug-likeness (QED) is 0.928. The summed E-state index contributed by atoms with van der Waals surface area (Å²) in [6.45, 7) is 2.11. The van der Waals surface area contributed by atoms with E-state index in [9.17, 15) is 9.90 Å². The lowest BCUT2D eigenvalue weighted by Gasteiger charge is -2.41. The van der Waals surface area contributed by atoms with Crippen LogP contribution >= 0.6 is 0 Å². The number of carbonyl (C=O) groups excluding carboxylic acids is 1. The number of hydrogen-bond acceptors (Lipinski definition) is 3. The van der Waals surface area contributed by atoms with Crippen LogP contribution < -0.4 is 4.90 Å². The Morgan fingerprint density at radius 3 is 2.38 bits per heavy atom. The van der Waals surface area contributed by atoms with Crippen molar-refractivity contribution in [3.05, 3.63) is 29.8 Å². The summed E-state index contributed by atoms with van der Waals surface area (Å²) in [5, 5.41) is 9.66. The summed E-state index contributed by atoms with van der Waals surface area (Å²) in [5.74, 6) is -0.271. The molecule has 3 aliphatic rings. The first kappa shape index (κ1) is 16.1. The zero-order chi connectivity index (χ0) is 16.5. The first-order valence-corrected chi connectivity index (χ1v) is 9.56. The number of fused-ring (bicyclic) bond motifs is 1. The highest BCUT2D eigenvalue weighted by atomic mass is 16.3. The molecule has 0 bridgehead atoms. The van der Waals surface area contributed by atoms with Crippen molar-refractivity contribution in [3.63, 3.8) is 0 Å². The molecule has 1 atom stereocenters. The van der Waals surface area contributed by atoms with E-state index in [1.807, 2.05) is 29.2 Å². The number of anilines is 1. The van der Waals surface area contributed by atoms with E-state index in [0.717, 1.165) is 43.2 Å². The number of carbonyl (C=O) groups is 1. The van der Waals surface area contributed by atoms with Crippen LogP contribution in [0.2, 0.25) is 0 Å². The van der Waals surface area contributed by atoms with Crippen LogP contribution in [0.5, 0.6) is 0 Å². The molecule has 2 aliphatic heterocycles. The SMILES string of the molecule is O=C1C(CO)c2ccccc2N1C1CCN(C2CCCCC2)CC1. The number of nitrogens with zero attached hydrogens (tertiary/aromatic N) is 2. The summed E-state index contributed by atoms with van der Waals surface area (Å²) >= 11 is 0. The van der Waals surface area contributed by atoms with E-state index in [1.54, 1.807) is 0 Å². The van der Waals surface area contributed by atoms with Gasteiger partial charge in [0.15, 0.2) is 0 Å². The number of aliphatic hydroxyl groups excluding tert-OH is 1. The predicted molar refractivity (Wildman–Crippen MR) is 95.2 cm³/mol. The van der Waals surface area contributed by atoms with Gasteiger partial charge in [0.1, 0.15) is 0 Å². The number of amides is 1. The van der Waals surface area contributed by atoms with Gasteiger partial charge in [-0.25, -0.2) is 0 Å². The Balaban J connectivity index is 1.46. The molecule has 0 aromatic heterocycles. The zero-order valence-electron chi connectivity index (χ0n) is 14.4. The highest BCUT2D eigenvalue weighted by Gasteiger charge is 2.41. The highest BCUT2D eigenvalue weighted by molar-refractivity contribution is 6.05. The molecule has 130 valence electrons.